The van der Waals surface area contributed by atoms with Crippen LogP contribution >= 0.6 is 11.6 Å². The number of H-pyrrole nitrogens is 1. The lowest BCUT2D eigenvalue weighted by Crippen LogP contribution is -2.31. The monoisotopic (exact) mass is 281 g/mol. The van der Waals surface area contributed by atoms with Crippen LogP contribution in [0.5, 0.6) is 5.75 Å². The third-order valence-electron chi connectivity index (χ3n) is 2.43. The maximum Gasteiger partial charge on any atom is 0.328 e. The first-order valence-corrected chi connectivity index (χ1v) is 5.91. The Hall–Kier alpha value is -2.21. The zero-order chi connectivity index (χ0) is 13.8. The van der Waals surface area contributed by atoms with Crippen molar-refractivity contribution >= 4 is 17.3 Å². The molecular weight excluding hydrogens is 270 g/mol. The molecule has 1 heterocycles. The first-order chi connectivity index (χ1) is 9.06. The Morgan fingerprint density at radius 1 is 1.37 bits per heavy atom. The minimum atomic E-state index is -0.598. The van der Waals surface area contributed by atoms with E-state index in [9.17, 15) is 9.59 Å². The van der Waals surface area contributed by atoms with Crippen molar-refractivity contribution in [1.29, 1.82) is 0 Å². The van der Waals surface area contributed by atoms with Gasteiger partial charge in [-0.1, -0.05) is 17.7 Å². The third-order valence-corrected chi connectivity index (χ3v) is 2.70. The molecule has 0 fully saturated rings. The molecule has 0 unspecified atom stereocenters. The first-order valence-electron chi connectivity index (χ1n) is 5.54. The highest BCUT2D eigenvalue weighted by atomic mass is 35.5. The van der Waals surface area contributed by atoms with Crippen molar-refractivity contribution in [3.8, 4) is 5.75 Å². The quantitative estimate of drug-likeness (QED) is 0.813. The van der Waals surface area contributed by atoms with Gasteiger partial charge in [-0.3, -0.25) is 14.3 Å². The number of halogens is 1. The standard InChI is InChI=1S/C12H12ClN3O3/c13-10-7-16(12(18)15-11(10)17)4-5-19-9-3-1-2-8(14)6-9/h1-3,6-7H,4-5,14H2,(H,15,17,18). The molecule has 0 saturated carbocycles. The molecule has 6 nitrogen and oxygen atoms in total. The van der Waals surface area contributed by atoms with E-state index in [0.717, 1.165) is 0 Å². The molecule has 0 spiro atoms. The second-order valence-corrected chi connectivity index (χ2v) is 4.26. The highest BCUT2D eigenvalue weighted by Gasteiger charge is 2.02. The van der Waals surface area contributed by atoms with Gasteiger partial charge in [0.2, 0.25) is 0 Å². The van der Waals surface area contributed by atoms with Gasteiger partial charge in [-0.05, 0) is 12.1 Å². The van der Waals surface area contributed by atoms with E-state index in [1.807, 2.05) is 0 Å². The average molecular weight is 282 g/mol. The summed E-state index contributed by atoms with van der Waals surface area (Å²) in [5.41, 5.74) is 5.09. The molecule has 0 saturated heterocycles. The normalized spacial score (nSPS) is 10.4. The summed E-state index contributed by atoms with van der Waals surface area (Å²) in [6, 6.07) is 6.97. The molecule has 19 heavy (non-hydrogen) atoms. The number of nitrogens with two attached hydrogens (primary N) is 1. The van der Waals surface area contributed by atoms with E-state index in [1.165, 1.54) is 10.8 Å². The number of rotatable bonds is 4. The van der Waals surface area contributed by atoms with Crippen LogP contribution in [0.4, 0.5) is 5.69 Å². The van der Waals surface area contributed by atoms with E-state index in [1.54, 1.807) is 24.3 Å². The second kappa shape index (κ2) is 5.62. The van der Waals surface area contributed by atoms with Crippen molar-refractivity contribution < 1.29 is 4.74 Å². The Labute approximate surface area is 113 Å². The molecule has 0 amide bonds. The Kier molecular flexibility index (Phi) is 3.91. The largest absolute Gasteiger partial charge is 0.492 e. The second-order valence-electron chi connectivity index (χ2n) is 3.85. The summed E-state index contributed by atoms with van der Waals surface area (Å²) in [4.78, 5) is 24.6. The first kappa shape index (κ1) is 13.2. The maximum absolute atomic E-state index is 11.5. The zero-order valence-corrected chi connectivity index (χ0v) is 10.7. The number of ether oxygens (including phenoxy) is 1. The SMILES string of the molecule is Nc1cccc(OCCn2cc(Cl)c(=O)[nH]c2=O)c1. The Balaban J connectivity index is 2.02. The van der Waals surface area contributed by atoms with E-state index < -0.39 is 11.2 Å². The van der Waals surface area contributed by atoms with E-state index in [2.05, 4.69) is 4.98 Å². The summed E-state index contributed by atoms with van der Waals surface area (Å²) < 4.78 is 6.71. The number of nitrogens with one attached hydrogen (secondary N) is 1. The van der Waals surface area contributed by atoms with Gasteiger partial charge < -0.3 is 10.5 Å². The van der Waals surface area contributed by atoms with Crippen LogP contribution in [-0.2, 0) is 6.54 Å². The van der Waals surface area contributed by atoms with Crippen molar-refractivity contribution in [2.75, 3.05) is 12.3 Å². The van der Waals surface area contributed by atoms with Crippen LogP contribution < -0.4 is 21.7 Å². The van der Waals surface area contributed by atoms with Crippen molar-refractivity contribution in [2.24, 2.45) is 0 Å². The lowest BCUT2D eigenvalue weighted by molar-refractivity contribution is 0.295. The minimum absolute atomic E-state index is 0.0384. The van der Waals surface area contributed by atoms with E-state index in [0.29, 0.717) is 11.4 Å². The van der Waals surface area contributed by atoms with Crippen molar-refractivity contribution in [2.45, 2.75) is 6.54 Å². The minimum Gasteiger partial charge on any atom is -0.492 e. The molecule has 0 atom stereocenters. The molecule has 0 aliphatic rings. The Morgan fingerprint density at radius 2 is 2.16 bits per heavy atom. The highest BCUT2D eigenvalue weighted by molar-refractivity contribution is 6.30. The van der Waals surface area contributed by atoms with Gasteiger partial charge in [0.05, 0.1) is 6.54 Å². The van der Waals surface area contributed by atoms with Crippen molar-refractivity contribution in [3.63, 3.8) is 0 Å². The van der Waals surface area contributed by atoms with Crippen molar-refractivity contribution in [1.82, 2.24) is 9.55 Å². The van der Waals surface area contributed by atoms with Crippen LogP contribution in [0.3, 0.4) is 0 Å². The van der Waals surface area contributed by atoms with E-state index in [-0.39, 0.29) is 18.2 Å². The summed E-state index contributed by atoms with van der Waals surface area (Å²) >= 11 is 5.64. The van der Waals surface area contributed by atoms with Crippen LogP contribution in [0.15, 0.2) is 40.1 Å². The fourth-order valence-corrected chi connectivity index (χ4v) is 1.68. The van der Waals surface area contributed by atoms with E-state index >= 15 is 0 Å². The Morgan fingerprint density at radius 3 is 2.89 bits per heavy atom. The summed E-state index contributed by atoms with van der Waals surface area (Å²) in [6.07, 6.45) is 1.28. The van der Waals surface area contributed by atoms with Gasteiger partial charge >= 0.3 is 5.69 Å². The summed E-state index contributed by atoms with van der Waals surface area (Å²) in [5, 5.41) is -0.0384. The van der Waals surface area contributed by atoms with Gasteiger partial charge in [-0.15, -0.1) is 0 Å². The summed E-state index contributed by atoms with van der Waals surface area (Å²) in [6.45, 7) is 0.524. The molecule has 0 radical (unpaired) electrons. The number of aromatic amines is 1. The molecule has 0 bridgehead atoms. The average Bonchev–Trinajstić information content (AvgIpc) is 2.35. The van der Waals surface area contributed by atoms with Crippen LogP contribution in [0, 0.1) is 0 Å². The molecule has 0 aliphatic carbocycles. The molecule has 7 heteroatoms. The maximum atomic E-state index is 11.5. The third kappa shape index (κ3) is 3.38. The number of hydrogen-bond acceptors (Lipinski definition) is 4. The molecule has 1 aromatic carbocycles. The van der Waals surface area contributed by atoms with Gasteiger partial charge in [-0.2, -0.15) is 0 Å². The molecule has 100 valence electrons. The Bertz CT molecular complexity index is 693. The lowest BCUT2D eigenvalue weighted by atomic mass is 10.3. The summed E-state index contributed by atoms with van der Waals surface area (Å²) in [5.74, 6) is 0.614. The number of nitrogen functional groups attached to an aromatic ring is 1. The fraction of sp³-hybridized carbons (Fsp3) is 0.167. The highest BCUT2D eigenvalue weighted by Crippen LogP contribution is 2.14. The van der Waals surface area contributed by atoms with E-state index in [4.69, 9.17) is 22.1 Å². The molecular formula is C12H12ClN3O3. The van der Waals surface area contributed by atoms with Gasteiger partial charge in [0.25, 0.3) is 5.56 Å². The van der Waals surface area contributed by atoms with Gasteiger partial charge in [0.1, 0.15) is 17.4 Å². The topological polar surface area (TPSA) is 90.1 Å². The number of nitrogens with zero attached hydrogens (tertiary/aromatic N) is 1. The van der Waals surface area contributed by atoms with Crippen LogP contribution in [0.2, 0.25) is 5.02 Å². The summed E-state index contributed by atoms with van der Waals surface area (Å²) in [7, 11) is 0. The number of anilines is 1. The lowest BCUT2D eigenvalue weighted by Gasteiger charge is -2.08. The molecule has 2 rings (SSSR count). The predicted molar refractivity (Wildman–Crippen MR) is 72.7 cm³/mol. The smallest absolute Gasteiger partial charge is 0.328 e. The molecule has 3 N–H and O–H groups in total. The fourth-order valence-electron chi connectivity index (χ4n) is 1.51. The molecule has 0 aliphatic heterocycles. The molecule has 1 aromatic heterocycles. The van der Waals surface area contributed by atoms with Crippen molar-refractivity contribution in [3.05, 3.63) is 56.3 Å². The molecule has 2 aromatic rings. The van der Waals surface area contributed by atoms with Gasteiger partial charge in [-0.25, -0.2) is 4.79 Å². The van der Waals surface area contributed by atoms with Crippen LogP contribution in [0.1, 0.15) is 0 Å². The van der Waals surface area contributed by atoms with Crippen LogP contribution in [0.25, 0.3) is 0 Å². The van der Waals surface area contributed by atoms with Crippen LogP contribution in [-0.4, -0.2) is 16.2 Å². The number of hydrogen-bond donors (Lipinski definition) is 2. The number of benzene rings is 1. The van der Waals surface area contributed by atoms with Gasteiger partial charge in [0.15, 0.2) is 0 Å². The number of aromatic nitrogens is 2. The zero-order valence-electron chi connectivity index (χ0n) is 9.93. The van der Waals surface area contributed by atoms with Gasteiger partial charge in [0, 0.05) is 18.0 Å². The predicted octanol–water partition coefficient (Wildman–Crippen LogP) is 0.851.